The lowest BCUT2D eigenvalue weighted by Crippen LogP contribution is -2.22. The van der Waals surface area contributed by atoms with Crippen molar-refractivity contribution in [1.82, 2.24) is 0 Å². The number of hydrogen-bond acceptors (Lipinski definition) is 3. The summed E-state index contributed by atoms with van der Waals surface area (Å²) in [5.41, 5.74) is 6.86. The minimum Gasteiger partial charge on any atom is -0.328 e. The molecule has 1 fully saturated rings. The smallest absolute Gasteiger partial charge is 0.328 e. The molecule has 0 saturated heterocycles. The van der Waals surface area contributed by atoms with Gasteiger partial charge in [-0.25, -0.2) is 0 Å². The number of hydrogen-bond donors (Lipinski definition) is 4. The van der Waals surface area contributed by atoms with Crippen molar-refractivity contribution in [2.75, 3.05) is 5.32 Å². The van der Waals surface area contributed by atoms with Crippen molar-refractivity contribution < 1.29 is 19.1 Å². The molecular formula is C27H49N2O4P. The topological polar surface area (TPSA) is 113 Å². The summed E-state index contributed by atoms with van der Waals surface area (Å²) in [7, 11) is -4.05. The molecule has 0 unspecified atom stereocenters. The van der Waals surface area contributed by atoms with E-state index in [-0.39, 0.29) is 12.1 Å². The van der Waals surface area contributed by atoms with Crippen LogP contribution in [0.3, 0.4) is 0 Å². The molecule has 0 heterocycles. The highest BCUT2D eigenvalue weighted by Gasteiger charge is 2.13. The van der Waals surface area contributed by atoms with Crippen LogP contribution >= 0.6 is 7.60 Å². The summed E-state index contributed by atoms with van der Waals surface area (Å²) in [6.45, 7) is 2.24. The summed E-state index contributed by atoms with van der Waals surface area (Å²) in [6.07, 6.45) is 20.7. The minimum absolute atomic E-state index is 0.00587. The Morgan fingerprint density at radius 2 is 1.38 bits per heavy atom. The normalized spacial score (nSPS) is 14.4. The Hall–Kier alpha value is -1.20. The minimum atomic E-state index is -4.05. The number of carbonyl (C=O) groups is 1. The van der Waals surface area contributed by atoms with Crippen LogP contribution in [0.25, 0.3) is 0 Å². The predicted molar refractivity (Wildman–Crippen MR) is 143 cm³/mol. The molecule has 1 saturated carbocycles. The maximum absolute atomic E-state index is 12.0. The lowest BCUT2D eigenvalue weighted by atomic mass is 9.97. The van der Waals surface area contributed by atoms with Gasteiger partial charge in [0, 0.05) is 18.2 Å². The molecule has 34 heavy (non-hydrogen) atoms. The Kier molecular flexibility index (Phi) is 17.3. The van der Waals surface area contributed by atoms with E-state index in [1.807, 2.05) is 0 Å². The summed E-state index contributed by atoms with van der Waals surface area (Å²) in [5, 5.41) is 2.83. The molecule has 6 nitrogen and oxygen atoms in total. The molecule has 1 aromatic rings. The largest absolute Gasteiger partial charge is 0.329 e. The third kappa shape index (κ3) is 18.2. The number of amides is 1. The number of unbranched alkanes of at least 4 members (excludes halogenated alkanes) is 10. The van der Waals surface area contributed by atoms with Gasteiger partial charge in [-0.3, -0.25) is 9.36 Å². The average Bonchev–Trinajstić information content (AvgIpc) is 2.79. The number of rotatable bonds is 15. The van der Waals surface area contributed by atoms with Gasteiger partial charge in [-0.1, -0.05) is 103 Å². The van der Waals surface area contributed by atoms with Crippen molar-refractivity contribution in [2.45, 2.75) is 128 Å². The van der Waals surface area contributed by atoms with Crippen LogP contribution in [0.4, 0.5) is 5.69 Å². The molecule has 0 bridgehead atoms. The van der Waals surface area contributed by atoms with Gasteiger partial charge in [0.15, 0.2) is 0 Å². The quantitative estimate of drug-likeness (QED) is 0.150. The molecule has 1 aromatic carbocycles. The first-order valence-corrected chi connectivity index (χ1v) is 15.3. The van der Waals surface area contributed by atoms with E-state index in [9.17, 15) is 9.36 Å². The molecule has 0 spiro atoms. The van der Waals surface area contributed by atoms with Crippen molar-refractivity contribution in [3.05, 3.63) is 29.8 Å². The molecule has 1 aliphatic carbocycles. The van der Waals surface area contributed by atoms with Crippen molar-refractivity contribution in [1.29, 1.82) is 0 Å². The number of carbonyl (C=O) groups excluding carboxylic acids is 1. The number of anilines is 1. The average molecular weight is 497 g/mol. The highest BCUT2D eigenvalue weighted by atomic mass is 31.2. The Bertz CT molecular complexity index is 684. The van der Waals surface area contributed by atoms with Crippen molar-refractivity contribution in [3.63, 3.8) is 0 Å². The van der Waals surface area contributed by atoms with Gasteiger partial charge in [0.25, 0.3) is 0 Å². The number of nitrogens with two attached hydrogens (primary N) is 1. The molecule has 7 heteroatoms. The van der Waals surface area contributed by atoms with E-state index >= 15 is 0 Å². The molecule has 5 N–H and O–H groups in total. The number of benzene rings is 1. The van der Waals surface area contributed by atoms with Crippen LogP contribution in [0.5, 0.6) is 0 Å². The van der Waals surface area contributed by atoms with Crippen LogP contribution in [-0.2, 0) is 15.5 Å². The fourth-order valence-corrected chi connectivity index (χ4v) is 4.93. The van der Waals surface area contributed by atoms with E-state index in [1.54, 1.807) is 24.3 Å². The summed E-state index contributed by atoms with van der Waals surface area (Å²) in [4.78, 5) is 29.9. The van der Waals surface area contributed by atoms with E-state index in [0.717, 1.165) is 12.8 Å². The SMILES string of the molecule is CCCCCCCCCCCCCC(=O)Nc1ccc(CP(=O)(O)O)cc1.NC1CCCCC1. The van der Waals surface area contributed by atoms with E-state index in [0.29, 0.717) is 23.7 Å². The van der Waals surface area contributed by atoms with Gasteiger partial charge in [0.2, 0.25) is 5.91 Å². The standard InChI is InChI=1S/C21H36NO4P.C6H13N/c1-2-3-4-5-6-7-8-9-10-11-12-13-21(23)22-20-16-14-19(15-17-20)18-27(24,25)26;7-6-4-2-1-3-5-6/h14-17H,2-13,18H2,1H3,(H,22,23)(H2,24,25,26);6H,1-5,7H2. The van der Waals surface area contributed by atoms with Crippen LogP contribution in [0.1, 0.15) is 122 Å². The van der Waals surface area contributed by atoms with Crippen molar-refractivity contribution >= 4 is 19.2 Å². The molecule has 196 valence electrons. The zero-order chi connectivity index (χ0) is 25.1. The second kappa shape index (κ2) is 19.0. The van der Waals surface area contributed by atoms with Crippen LogP contribution in [0.2, 0.25) is 0 Å². The molecule has 2 rings (SSSR count). The maximum atomic E-state index is 12.0. The van der Waals surface area contributed by atoms with Crippen molar-refractivity contribution in [2.24, 2.45) is 5.73 Å². The molecule has 0 aromatic heterocycles. The van der Waals surface area contributed by atoms with E-state index in [1.165, 1.54) is 89.9 Å². The monoisotopic (exact) mass is 496 g/mol. The summed E-state index contributed by atoms with van der Waals surface area (Å²) < 4.78 is 11.0. The third-order valence-electron chi connectivity index (χ3n) is 6.28. The first-order chi connectivity index (χ1) is 16.3. The van der Waals surface area contributed by atoms with Crippen LogP contribution in [0, 0.1) is 0 Å². The van der Waals surface area contributed by atoms with Gasteiger partial charge in [-0.15, -0.1) is 0 Å². The summed E-state index contributed by atoms with van der Waals surface area (Å²) in [6, 6.07) is 7.18. The second-order valence-corrected chi connectivity index (χ2v) is 11.4. The van der Waals surface area contributed by atoms with Gasteiger partial charge in [-0.2, -0.15) is 0 Å². The van der Waals surface area contributed by atoms with Gasteiger partial charge in [0.1, 0.15) is 0 Å². The van der Waals surface area contributed by atoms with Crippen molar-refractivity contribution in [3.8, 4) is 0 Å². The van der Waals surface area contributed by atoms with Crippen LogP contribution in [0.15, 0.2) is 24.3 Å². The first-order valence-electron chi connectivity index (χ1n) is 13.5. The Labute approximate surface area is 207 Å². The summed E-state index contributed by atoms with van der Waals surface area (Å²) in [5.74, 6) is -0.00587. The molecule has 1 aliphatic rings. The lowest BCUT2D eigenvalue weighted by molar-refractivity contribution is -0.116. The fraction of sp³-hybridized carbons (Fsp3) is 0.741. The van der Waals surface area contributed by atoms with Gasteiger partial charge in [-0.05, 0) is 37.0 Å². The molecule has 0 aliphatic heterocycles. The molecule has 1 amide bonds. The van der Waals surface area contributed by atoms with Crippen LogP contribution in [-0.4, -0.2) is 21.7 Å². The number of nitrogens with one attached hydrogen (secondary N) is 1. The van der Waals surface area contributed by atoms with Gasteiger partial charge < -0.3 is 20.8 Å². The molecule has 0 atom stereocenters. The summed E-state index contributed by atoms with van der Waals surface area (Å²) >= 11 is 0. The third-order valence-corrected chi connectivity index (χ3v) is 7.06. The van der Waals surface area contributed by atoms with E-state index < -0.39 is 7.60 Å². The predicted octanol–water partition coefficient (Wildman–Crippen LogP) is 7.28. The Balaban J connectivity index is 0.000000700. The van der Waals surface area contributed by atoms with Crippen LogP contribution < -0.4 is 11.1 Å². The Morgan fingerprint density at radius 3 is 1.82 bits per heavy atom. The maximum Gasteiger partial charge on any atom is 0.329 e. The second-order valence-electron chi connectivity index (χ2n) is 9.75. The van der Waals surface area contributed by atoms with Gasteiger partial charge in [0.05, 0.1) is 6.16 Å². The zero-order valence-electron chi connectivity index (χ0n) is 21.4. The van der Waals surface area contributed by atoms with Gasteiger partial charge >= 0.3 is 7.60 Å². The highest BCUT2D eigenvalue weighted by molar-refractivity contribution is 7.50. The highest BCUT2D eigenvalue weighted by Crippen LogP contribution is 2.39. The lowest BCUT2D eigenvalue weighted by Gasteiger charge is -2.15. The first kappa shape index (κ1) is 30.8. The van der Waals surface area contributed by atoms with E-state index in [4.69, 9.17) is 15.5 Å². The molecular weight excluding hydrogens is 447 g/mol. The fourth-order valence-electron chi connectivity index (χ4n) is 4.24. The molecule has 0 radical (unpaired) electrons. The van der Waals surface area contributed by atoms with E-state index in [2.05, 4.69) is 12.2 Å². The zero-order valence-corrected chi connectivity index (χ0v) is 22.2. The Morgan fingerprint density at radius 1 is 0.882 bits per heavy atom.